The summed E-state index contributed by atoms with van der Waals surface area (Å²) in [5.41, 5.74) is 9.81. The maximum absolute atomic E-state index is 10.7. The minimum Gasteiger partial charge on any atom is -0.461 e. The van der Waals surface area contributed by atoms with Gasteiger partial charge in [0, 0.05) is 6.92 Å². The molecule has 162 valence electrons. The van der Waals surface area contributed by atoms with E-state index in [9.17, 15) is 4.79 Å². The van der Waals surface area contributed by atoms with Gasteiger partial charge in [-0.15, -0.1) is 0 Å². The monoisotopic (exact) mass is 422 g/mol. The van der Waals surface area contributed by atoms with Crippen LogP contribution in [-0.4, -0.2) is 5.97 Å². The van der Waals surface area contributed by atoms with Crippen LogP contribution in [0.25, 0.3) is 22.3 Å². The van der Waals surface area contributed by atoms with Gasteiger partial charge in [-0.2, -0.15) is 0 Å². The molecule has 2 nitrogen and oxygen atoms in total. The lowest BCUT2D eigenvalue weighted by molar-refractivity contribution is -0.142. The van der Waals surface area contributed by atoms with Crippen LogP contribution in [0.5, 0.6) is 0 Å². The normalized spacial score (nSPS) is 10.1. The Hall–Kier alpha value is -3.65. The van der Waals surface area contributed by atoms with Gasteiger partial charge in [0.25, 0.3) is 0 Å². The van der Waals surface area contributed by atoms with Crippen LogP contribution in [0.3, 0.4) is 0 Å². The first-order valence-electron chi connectivity index (χ1n) is 10.8. The molecule has 0 N–H and O–H groups in total. The molecule has 4 aromatic carbocycles. The number of carbonyl (C=O) groups excluding carboxylic acids is 1. The van der Waals surface area contributed by atoms with E-state index in [2.05, 4.69) is 93.6 Å². The molecule has 0 unspecified atom stereocenters. The van der Waals surface area contributed by atoms with Crippen molar-refractivity contribution >= 4 is 5.97 Å². The number of esters is 1. The topological polar surface area (TPSA) is 26.3 Å². The van der Waals surface area contributed by atoms with Crippen LogP contribution in [0.1, 0.15) is 29.2 Å². The summed E-state index contributed by atoms with van der Waals surface area (Å²) in [4.78, 5) is 10.7. The van der Waals surface area contributed by atoms with Gasteiger partial charge in [0.05, 0.1) is 0 Å². The molecule has 0 aliphatic carbocycles. The van der Waals surface area contributed by atoms with E-state index >= 15 is 0 Å². The third-order valence-electron chi connectivity index (χ3n) is 5.22. The molecule has 32 heavy (non-hydrogen) atoms. The molecule has 0 atom stereocenters. The zero-order valence-electron chi connectivity index (χ0n) is 19.3. The van der Waals surface area contributed by atoms with Crippen LogP contribution < -0.4 is 0 Å². The molecule has 0 aromatic heterocycles. The van der Waals surface area contributed by atoms with E-state index in [-0.39, 0.29) is 5.97 Å². The Morgan fingerprint density at radius 3 is 1.09 bits per heavy atom. The fourth-order valence-electron chi connectivity index (χ4n) is 3.22. The summed E-state index contributed by atoms with van der Waals surface area (Å²) in [7, 11) is 0. The molecule has 0 heterocycles. The van der Waals surface area contributed by atoms with E-state index in [1.54, 1.807) is 0 Å². The summed E-state index contributed by atoms with van der Waals surface area (Å²) < 4.78 is 4.95. The largest absolute Gasteiger partial charge is 0.461 e. The Balaban J connectivity index is 0.000000186. The Morgan fingerprint density at radius 1 is 0.531 bits per heavy atom. The lowest BCUT2D eigenvalue weighted by Gasteiger charge is -2.05. The van der Waals surface area contributed by atoms with Gasteiger partial charge < -0.3 is 4.74 Å². The van der Waals surface area contributed by atoms with E-state index in [1.165, 1.54) is 45.9 Å². The van der Waals surface area contributed by atoms with E-state index in [1.807, 2.05) is 24.3 Å². The van der Waals surface area contributed by atoms with Crippen LogP contribution in [0, 0.1) is 20.8 Å². The average molecular weight is 423 g/mol. The van der Waals surface area contributed by atoms with Gasteiger partial charge in [-0.1, -0.05) is 114 Å². The molecule has 0 bridgehead atoms. The van der Waals surface area contributed by atoms with E-state index in [0.717, 1.165) is 5.56 Å². The maximum atomic E-state index is 10.7. The highest BCUT2D eigenvalue weighted by atomic mass is 16.5. The van der Waals surface area contributed by atoms with Gasteiger partial charge in [0.15, 0.2) is 0 Å². The van der Waals surface area contributed by atoms with Crippen molar-refractivity contribution in [3.8, 4) is 22.3 Å². The van der Waals surface area contributed by atoms with Crippen LogP contribution in [0.4, 0.5) is 0 Å². The summed E-state index contributed by atoms with van der Waals surface area (Å²) in [6, 6.07) is 33.7. The van der Waals surface area contributed by atoms with Crippen molar-refractivity contribution in [2.24, 2.45) is 0 Å². The third kappa shape index (κ3) is 6.95. The van der Waals surface area contributed by atoms with Crippen LogP contribution in [0.15, 0.2) is 97.1 Å². The predicted molar refractivity (Wildman–Crippen MR) is 133 cm³/mol. The number of rotatable bonds is 4. The molecule has 0 saturated heterocycles. The molecule has 0 aliphatic heterocycles. The molecule has 4 rings (SSSR count). The van der Waals surface area contributed by atoms with Crippen molar-refractivity contribution in [3.05, 3.63) is 119 Å². The van der Waals surface area contributed by atoms with Crippen molar-refractivity contribution < 1.29 is 9.53 Å². The summed E-state index contributed by atoms with van der Waals surface area (Å²) in [6.45, 7) is 8.05. The Kier molecular flexibility index (Phi) is 7.99. The smallest absolute Gasteiger partial charge is 0.302 e. The van der Waals surface area contributed by atoms with Crippen molar-refractivity contribution in [2.75, 3.05) is 0 Å². The minimum absolute atomic E-state index is 0.252. The fourth-order valence-corrected chi connectivity index (χ4v) is 3.22. The molecule has 2 heteroatoms. The van der Waals surface area contributed by atoms with Gasteiger partial charge in [0.1, 0.15) is 6.61 Å². The van der Waals surface area contributed by atoms with E-state index in [4.69, 9.17) is 4.74 Å². The van der Waals surface area contributed by atoms with Gasteiger partial charge in [0.2, 0.25) is 0 Å². The number of benzene rings is 4. The van der Waals surface area contributed by atoms with Crippen molar-refractivity contribution in [1.29, 1.82) is 0 Å². The van der Waals surface area contributed by atoms with Crippen LogP contribution >= 0.6 is 0 Å². The summed E-state index contributed by atoms with van der Waals surface area (Å²) >= 11 is 0. The molecule has 0 spiro atoms. The molecular formula is C30H30O2. The van der Waals surface area contributed by atoms with Gasteiger partial charge >= 0.3 is 5.97 Å². The minimum atomic E-state index is -0.252. The summed E-state index contributed by atoms with van der Waals surface area (Å²) in [6.07, 6.45) is 0. The van der Waals surface area contributed by atoms with Crippen LogP contribution in [-0.2, 0) is 16.1 Å². The number of hydrogen-bond donors (Lipinski definition) is 0. The highest BCUT2D eigenvalue weighted by molar-refractivity contribution is 5.66. The quantitative estimate of drug-likeness (QED) is 0.315. The van der Waals surface area contributed by atoms with Gasteiger partial charge in [-0.05, 0) is 48.6 Å². The van der Waals surface area contributed by atoms with Crippen molar-refractivity contribution in [2.45, 2.75) is 34.3 Å². The molecule has 0 amide bonds. The Labute approximate surface area is 191 Å². The average Bonchev–Trinajstić information content (AvgIpc) is 2.80. The highest BCUT2D eigenvalue weighted by Crippen LogP contribution is 2.21. The lowest BCUT2D eigenvalue weighted by Crippen LogP contribution is -1.98. The standard InChI is InChI=1S/C16H16O2.C14H14/c1-12-3-7-15(8-4-12)16-9-5-14(6-10-16)11-18-13(2)17;1-11-3-7-13(8-4-11)14-9-5-12(2)6-10-14/h3-10H,11H2,1-2H3;3-10H,1-2H3. The lowest BCUT2D eigenvalue weighted by atomic mass is 10.0. The number of carbonyl (C=O) groups is 1. The number of aryl methyl sites for hydroxylation is 3. The second-order valence-electron chi connectivity index (χ2n) is 8.08. The fraction of sp³-hybridized carbons (Fsp3) is 0.167. The SMILES string of the molecule is CC(=O)OCc1ccc(-c2ccc(C)cc2)cc1.Cc1ccc(-c2ccc(C)cc2)cc1. The molecule has 0 saturated carbocycles. The van der Waals surface area contributed by atoms with Crippen molar-refractivity contribution in [3.63, 3.8) is 0 Å². The number of ether oxygens (including phenoxy) is 1. The first kappa shape index (κ1) is 23.0. The van der Waals surface area contributed by atoms with Gasteiger partial charge in [-0.3, -0.25) is 4.79 Å². The maximum Gasteiger partial charge on any atom is 0.302 e. The zero-order chi connectivity index (χ0) is 22.9. The molecule has 4 aromatic rings. The van der Waals surface area contributed by atoms with E-state index in [0.29, 0.717) is 6.61 Å². The summed E-state index contributed by atoms with van der Waals surface area (Å²) in [5.74, 6) is -0.252. The van der Waals surface area contributed by atoms with Crippen molar-refractivity contribution in [1.82, 2.24) is 0 Å². The molecule has 0 aliphatic rings. The Morgan fingerprint density at radius 2 is 0.812 bits per heavy atom. The highest BCUT2D eigenvalue weighted by Gasteiger charge is 2.00. The molecule has 0 radical (unpaired) electrons. The third-order valence-corrected chi connectivity index (χ3v) is 5.22. The second kappa shape index (κ2) is 11.1. The molecule has 0 fully saturated rings. The summed E-state index contributed by atoms with van der Waals surface area (Å²) in [5, 5.41) is 0. The second-order valence-corrected chi connectivity index (χ2v) is 8.08. The Bertz CT molecular complexity index is 1080. The first-order chi connectivity index (χ1) is 15.4. The zero-order valence-corrected chi connectivity index (χ0v) is 19.3. The van der Waals surface area contributed by atoms with Gasteiger partial charge in [-0.25, -0.2) is 0 Å². The molecular weight excluding hydrogens is 392 g/mol. The van der Waals surface area contributed by atoms with E-state index < -0.39 is 0 Å². The number of hydrogen-bond acceptors (Lipinski definition) is 2. The first-order valence-corrected chi connectivity index (χ1v) is 10.8. The predicted octanol–water partition coefficient (Wildman–Crippen LogP) is 7.70. The van der Waals surface area contributed by atoms with Crippen LogP contribution in [0.2, 0.25) is 0 Å².